The van der Waals surface area contributed by atoms with Gasteiger partial charge in [-0.05, 0) is 106 Å². The minimum atomic E-state index is -0.286. The van der Waals surface area contributed by atoms with E-state index in [9.17, 15) is 24.3 Å². The van der Waals surface area contributed by atoms with Crippen molar-refractivity contribution >= 4 is 29.7 Å². The molecule has 1 atom stereocenters. The Morgan fingerprint density at radius 2 is 1.52 bits per heavy atom. The van der Waals surface area contributed by atoms with Gasteiger partial charge in [-0.3, -0.25) is 14.5 Å². The molecule has 0 radical (unpaired) electrons. The predicted molar refractivity (Wildman–Crippen MR) is 208 cm³/mol. The summed E-state index contributed by atoms with van der Waals surface area (Å²) in [5, 5.41) is 13.0. The number of para-hydroxylation sites is 1. The predicted octanol–water partition coefficient (Wildman–Crippen LogP) is 6.15. The summed E-state index contributed by atoms with van der Waals surface area (Å²) < 4.78 is 9.85. The first-order chi connectivity index (χ1) is 26.0. The highest BCUT2D eigenvalue weighted by Crippen LogP contribution is 2.31. The molecule has 0 unspecified atom stereocenters. The Balaban J connectivity index is 0.000000222. The zero-order valence-corrected chi connectivity index (χ0v) is 33.0. The molecule has 1 saturated carbocycles. The number of aryl methyl sites for hydroxylation is 2. The second-order valence-corrected chi connectivity index (χ2v) is 15.4. The number of fused-ring (bicyclic) bond motifs is 1. The SMILES string of the molecule is CCOC(=O)CC1CCC(N2CCN(C(=O)[C@H](C)Cc3cc(C)c(O)c(C)c3)CC2)CC1.COC(=O)N1CCC(N2CCc3ccccc3NC2=O)CC1. The standard InChI is InChI=1S/C26H40N2O4.C16H21N3O3/c1-5-32-24(29)17-21-6-8-23(9-7-21)27-10-12-28(13-11-27)26(31)20(4)16-22-14-18(2)25(30)19(3)15-22;1-22-16(21)18-9-7-13(8-10-18)19-11-6-12-4-2-3-5-14(12)17-15(19)20/h14-15,20-21,23,30H,5-13,16-17H2,1-4H3;2-5,13H,6-11H2,1H3,(H,17,20)/t20-,21?,23?;/m1./s1. The molecule has 2 aromatic carbocycles. The van der Waals surface area contributed by atoms with Gasteiger partial charge in [0.25, 0.3) is 0 Å². The summed E-state index contributed by atoms with van der Waals surface area (Å²) in [4.78, 5) is 56.9. The highest BCUT2D eigenvalue weighted by molar-refractivity contribution is 5.91. The summed E-state index contributed by atoms with van der Waals surface area (Å²) in [5.74, 6) is 0.907. The number of methoxy groups -OCH3 is 1. The fourth-order valence-corrected chi connectivity index (χ4v) is 8.62. The van der Waals surface area contributed by atoms with Gasteiger partial charge in [0.05, 0.1) is 13.7 Å². The van der Waals surface area contributed by atoms with Crippen LogP contribution in [0.2, 0.25) is 0 Å². The second kappa shape index (κ2) is 19.3. The van der Waals surface area contributed by atoms with E-state index in [-0.39, 0.29) is 36.0 Å². The monoisotopic (exact) mass is 747 g/mol. The number of urea groups is 1. The number of esters is 1. The summed E-state index contributed by atoms with van der Waals surface area (Å²) in [6.45, 7) is 13.6. The fourth-order valence-electron chi connectivity index (χ4n) is 8.62. The maximum absolute atomic E-state index is 13.0. The van der Waals surface area contributed by atoms with Crippen molar-refractivity contribution in [1.29, 1.82) is 0 Å². The Hall–Kier alpha value is -4.32. The average molecular weight is 748 g/mol. The van der Waals surface area contributed by atoms with Crippen molar-refractivity contribution in [3.05, 3.63) is 58.7 Å². The molecule has 0 aromatic heterocycles. The van der Waals surface area contributed by atoms with Crippen LogP contribution in [0.4, 0.5) is 15.3 Å². The Kier molecular flexibility index (Phi) is 14.6. The normalized spacial score (nSPS) is 21.5. The Bertz CT molecular complexity index is 1570. The lowest BCUT2D eigenvalue weighted by atomic mass is 9.83. The second-order valence-electron chi connectivity index (χ2n) is 15.4. The van der Waals surface area contributed by atoms with Crippen molar-refractivity contribution in [2.24, 2.45) is 11.8 Å². The largest absolute Gasteiger partial charge is 0.507 e. The van der Waals surface area contributed by atoms with Gasteiger partial charge in [0.2, 0.25) is 5.91 Å². The lowest BCUT2D eigenvalue weighted by Crippen LogP contribution is -2.53. The number of ether oxygens (including phenoxy) is 2. The molecular formula is C42H61N5O7. The summed E-state index contributed by atoms with van der Waals surface area (Å²) in [5.41, 5.74) is 4.92. The van der Waals surface area contributed by atoms with Crippen molar-refractivity contribution in [3.63, 3.8) is 0 Å². The van der Waals surface area contributed by atoms with Gasteiger partial charge in [-0.15, -0.1) is 0 Å². The zero-order valence-electron chi connectivity index (χ0n) is 33.0. The fraction of sp³-hybridized carbons (Fsp3) is 0.619. The van der Waals surface area contributed by atoms with Gasteiger partial charge in [0.15, 0.2) is 0 Å². The number of anilines is 1. The van der Waals surface area contributed by atoms with Crippen molar-refractivity contribution in [3.8, 4) is 5.75 Å². The third-order valence-electron chi connectivity index (χ3n) is 11.7. The third kappa shape index (κ3) is 10.7. The van der Waals surface area contributed by atoms with Crippen LogP contribution < -0.4 is 5.32 Å². The van der Waals surface area contributed by atoms with E-state index in [1.54, 1.807) is 4.90 Å². The number of aromatic hydroxyl groups is 1. The van der Waals surface area contributed by atoms with Crippen LogP contribution in [0.1, 0.15) is 81.0 Å². The number of carbonyl (C=O) groups excluding carboxylic acids is 4. The average Bonchev–Trinajstić information content (AvgIpc) is 3.35. The summed E-state index contributed by atoms with van der Waals surface area (Å²) >= 11 is 0. The number of rotatable bonds is 8. The van der Waals surface area contributed by atoms with E-state index >= 15 is 0 Å². The van der Waals surface area contributed by atoms with Crippen LogP contribution in [0, 0.1) is 25.7 Å². The first-order valence-electron chi connectivity index (χ1n) is 19.9. The molecule has 296 valence electrons. The summed E-state index contributed by atoms with van der Waals surface area (Å²) in [6, 6.07) is 12.6. The van der Waals surface area contributed by atoms with Crippen LogP contribution in [0.15, 0.2) is 36.4 Å². The zero-order chi connectivity index (χ0) is 38.8. The van der Waals surface area contributed by atoms with Gasteiger partial charge in [0.1, 0.15) is 5.75 Å². The highest BCUT2D eigenvalue weighted by Gasteiger charge is 2.33. The van der Waals surface area contributed by atoms with Gasteiger partial charge in [-0.2, -0.15) is 0 Å². The van der Waals surface area contributed by atoms with E-state index < -0.39 is 0 Å². The van der Waals surface area contributed by atoms with E-state index in [1.165, 1.54) is 12.7 Å². The third-order valence-corrected chi connectivity index (χ3v) is 11.7. The molecule has 4 amide bonds. The molecule has 12 nitrogen and oxygen atoms in total. The molecule has 2 saturated heterocycles. The number of nitrogens with one attached hydrogen (secondary N) is 1. The number of phenols is 1. The molecule has 0 bridgehead atoms. The molecule has 3 fully saturated rings. The summed E-state index contributed by atoms with van der Waals surface area (Å²) in [7, 11) is 1.40. The summed E-state index contributed by atoms with van der Waals surface area (Å²) in [6.07, 6.45) is 7.85. The van der Waals surface area contributed by atoms with Gasteiger partial charge in [0, 0.05) is 75.9 Å². The molecule has 3 heterocycles. The van der Waals surface area contributed by atoms with Crippen LogP contribution in [0.3, 0.4) is 0 Å². The van der Waals surface area contributed by atoms with Crippen molar-refractivity contribution in [2.75, 3.05) is 64.8 Å². The smallest absolute Gasteiger partial charge is 0.409 e. The van der Waals surface area contributed by atoms with Gasteiger partial charge >= 0.3 is 18.1 Å². The molecule has 0 spiro atoms. The Labute approximate surface area is 321 Å². The lowest BCUT2D eigenvalue weighted by molar-refractivity contribution is -0.144. The molecule has 6 rings (SSSR count). The number of amides is 4. The Morgan fingerprint density at radius 1 is 0.870 bits per heavy atom. The lowest BCUT2D eigenvalue weighted by Gasteiger charge is -2.42. The van der Waals surface area contributed by atoms with E-state index in [1.807, 2.05) is 67.8 Å². The number of likely N-dealkylation sites (tertiary alicyclic amines) is 1. The Morgan fingerprint density at radius 3 is 2.15 bits per heavy atom. The molecule has 4 aliphatic rings. The number of piperazine rings is 1. The van der Waals surface area contributed by atoms with Crippen LogP contribution >= 0.6 is 0 Å². The molecular weight excluding hydrogens is 686 g/mol. The van der Waals surface area contributed by atoms with Crippen LogP contribution in [0.5, 0.6) is 5.75 Å². The van der Waals surface area contributed by atoms with Crippen molar-refractivity contribution in [1.82, 2.24) is 19.6 Å². The van der Waals surface area contributed by atoms with E-state index in [2.05, 4.69) is 16.3 Å². The number of carbonyl (C=O) groups is 4. The molecule has 12 heteroatoms. The molecule has 1 aliphatic carbocycles. The van der Waals surface area contributed by atoms with Crippen molar-refractivity contribution in [2.45, 2.75) is 97.6 Å². The first-order valence-corrected chi connectivity index (χ1v) is 19.9. The van der Waals surface area contributed by atoms with Crippen LogP contribution in [-0.4, -0.2) is 120 Å². The highest BCUT2D eigenvalue weighted by atomic mass is 16.5. The number of nitrogens with zero attached hydrogens (tertiary/aromatic N) is 4. The minimum absolute atomic E-state index is 0.0403. The van der Waals surface area contributed by atoms with Crippen LogP contribution in [0.25, 0.3) is 0 Å². The number of benzene rings is 2. The maximum atomic E-state index is 13.0. The van der Waals surface area contributed by atoms with Gasteiger partial charge in [-0.25, -0.2) is 9.59 Å². The quantitative estimate of drug-likeness (QED) is 0.308. The number of phenolic OH excluding ortho intramolecular Hbond substituents is 1. The van der Waals surface area contributed by atoms with Crippen LogP contribution in [-0.2, 0) is 31.9 Å². The van der Waals surface area contributed by atoms with E-state index in [0.717, 1.165) is 93.5 Å². The van der Waals surface area contributed by atoms with Crippen molar-refractivity contribution < 1.29 is 33.8 Å². The first kappa shape index (κ1) is 40.9. The van der Waals surface area contributed by atoms with E-state index in [0.29, 0.717) is 56.8 Å². The maximum Gasteiger partial charge on any atom is 0.409 e. The number of hydrogen-bond acceptors (Lipinski definition) is 8. The van der Waals surface area contributed by atoms with E-state index in [4.69, 9.17) is 9.47 Å². The topological polar surface area (TPSA) is 132 Å². The molecule has 2 aromatic rings. The number of piperidine rings is 1. The minimum Gasteiger partial charge on any atom is -0.507 e. The molecule has 54 heavy (non-hydrogen) atoms. The molecule has 3 aliphatic heterocycles. The van der Waals surface area contributed by atoms with Gasteiger partial charge < -0.3 is 34.6 Å². The molecule has 2 N–H and O–H groups in total. The number of hydrogen-bond donors (Lipinski definition) is 2. The van der Waals surface area contributed by atoms with Gasteiger partial charge in [-0.1, -0.05) is 37.3 Å².